The Hall–Kier alpha value is -0.890. The Labute approximate surface area is 175 Å². The van der Waals surface area contributed by atoms with Gasteiger partial charge in [-0.05, 0) is 70.2 Å². The maximum absolute atomic E-state index is 12.9. The normalized spacial score (nSPS) is 18.5. The van der Waals surface area contributed by atoms with Crippen molar-refractivity contribution in [1.82, 2.24) is 15.5 Å². The minimum absolute atomic E-state index is 0. The molecule has 0 spiro atoms. The van der Waals surface area contributed by atoms with Crippen molar-refractivity contribution < 1.29 is 4.39 Å². The second kappa shape index (κ2) is 12.5. The highest BCUT2D eigenvalue weighted by molar-refractivity contribution is 14.0. The van der Waals surface area contributed by atoms with Gasteiger partial charge in [0.1, 0.15) is 5.82 Å². The fraction of sp³-hybridized carbons (Fsp3) is 0.650. The summed E-state index contributed by atoms with van der Waals surface area (Å²) >= 11 is 0. The standard InChI is InChI=1S/C20H33FN4.HI/c1-4-22-20(23-12-11-17-7-9-19(21)10-8-17)24-14-18-6-5-13-25(15-18)16(2)3;/h7-10,16,18H,4-6,11-15H2,1-3H3,(H2,22,23,24);1H. The number of likely N-dealkylation sites (tertiary alicyclic amines) is 1. The van der Waals surface area contributed by atoms with Crippen LogP contribution in [-0.4, -0.2) is 49.6 Å². The van der Waals surface area contributed by atoms with Crippen LogP contribution in [-0.2, 0) is 6.42 Å². The molecule has 4 nitrogen and oxygen atoms in total. The maximum Gasteiger partial charge on any atom is 0.191 e. The number of aliphatic imine (C=N–C) groups is 1. The fourth-order valence-electron chi connectivity index (χ4n) is 3.25. The largest absolute Gasteiger partial charge is 0.357 e. The lowest BCUT2D eigenvalue weighted by Crippen LogP contribution is -2.42. The highest BCUT2D eigenvalue weighted by atomic mass is 127. The van der Waals surface area contributed by atoms with Crippen LogP contribution in [0.5, 0.6) is 0 Å². The summed E-state index contributed by atoms with van der Waals surface area (Å²) < 4.78 is 12.9. The summed E-state index contributed by atoms with van der Waals surface area (Å²) in [5.74, 6) is 1.34. The first-order valence-corrected chi connectivity index (χ1v) is 9.59. The fourth-order valence-corrected chi connectivity index (χ4v) is 3.25. The molecule has 1 aliphatic rings. The minimum atomic E-state index is -0.186. The first-order chi connectivity index (χ1) is 12.1. The topological polar surface area (TPSA) is 39.7 Å². The summed E-state index contributed by atoms with van der Waals surface area (Å²) in [5.41, 5.74) is 1.13. The third kappa shape index (κ3) is 8.20. The van der Waals surface area contributed by atoms with E-state index >= 15 is 0 Å². The molecule has 0 radical (unpaired) electrons. The molecule has 148 valence electrons. The van der Waals surface area contributed by atoms with Gasteiger partial charge < -0.3 is 15.5 Å². The van der Waals surface area contributed by atoms with E-state index in [2.05, 4.69) is 36.3 Å². The number of benzene rings is 1. The second-order valence-corrected chi connectivity index (χ2v) is 7.12. The zero-order valence-electron chi connectivity index (χ0n) is 16.3. The van der Waals surface area contributed by atoms with Gasteiger partial charge in [0.2, 0.25) is 0 Å². The van der Waals surface area contributed by atoms with Crippen molar-refractivity contribution in [1.29, 1.82) is 0 Å². The van der Waals surface area contributed by atoms with Gasteiger partial charge in [0.05, 0.1) is 0 Å². The quantitative estimate of drug-likeness (QED) is 0.359. The molecule has 1 saturated heterocycles. The van der Waals surface area contributed by atoms with Crippen molar-refractivity contribution in [2.75, 3.05) is 32.7 Å². The van der Waals surface area contributed by atoms with E-state index in [-0.39, 0.29) is 29.8 Å². The zero-order valence-corrected chi connectivity index (χ0v) is 18.6. The highest BCUT2D eigenvalue weighted by Gasteiger charge is 2.21. The highest BCUT2D eigenvalue weighted by Crippen LogP contribution is 2.18. The lowest BCUT2D eigenvalue weighted by atomic mass is 9.97. The van der Waals surface area contributed by atoms with Crippen LogP contribution in [0.4, 0.5) is 4.39 Å². The molecule has 6 heteroatoms. The number of nitrogens with zero attached hydrogens (tertiary/aromatic N) is 2. The van der Waals surface area contributed by atoms with Crippen LogP contribution >= 0.6 is 24.0 Å². The predicted molar refractivity (Wildman–Crippen MR) is 119 cm³/mol. The van der Waals surface area contributed by atoms with E-state index in [0.717, 1.165) is 44.1 Å². The molecule has 26 heavy (non-hydrogen) atoms. The Morgan fingerprint density at radius 1 is 1.27 bits per heavy atom. The van der Waals surface area contributed by atoms with Gasteiger partial charge in [0, 0.05) is 32.2 Å². The SMILES string of the molecule is CCNC(=NCC1CCCN(C(C)C)C1)NCCc1ccc(F)cc1.I. The monoisotopic (exact) mass is 476 g/mol. The van der Waals surface area contributed by atoms with Crippen LogP contribution in [0, 0.1) is 11.7 Å². The molecule has 0 aliphatic carbocycles. The Kier molecular flexibility index (Phi) is 11.1. The molecule has 2 N–H and O–H groups in total. The second-order valence-electron chi connectivity index (χ2n) is 7.12. The third-order valence-corrected chi connectivity index (χ3v) is 4.75. The maximum atomic E-state index is 12.9. The molecule has 0 amide bonds. The Bertz CT molecular complexity index is 533. The molecule has 1 unspecified atom stereocenters. The van der Waals surface area contributed by atoms with Gasteiger partial charge in [-0.15, -0.1) is 24.0 Å². The Balaban J connectivity index is 0.00000338. The molecule has 1 aliphatic heterocycles. The third-order valence-electron chi connectivity index (χ3n) is 4.75. The van der Waals surface area contributed by atoms with E-state index in [1.807, 2.05) is 12.1 Å². The van der Waals surface area contributed by atoms with Crippen LogP contribution in [0.25, 0.3) is 0 Å². The van der Waals surface area contributed by atoms with E-state index in [9.17, 15) is 4.39 Å². The van der Waals surface area contributed by atoms with Crippen LogP contribution in [0.1, 0.15) is 39.2 Å². The van der Waals surface area contributed by atoms with Gasteiger partial charge in [-0.3, -0.25) is 4.99 Å². The van der Waals surface area contributed by atoms with Crippen LogP contribution in [0.2, 0.25) is 0 Å². The number of guanidine groups is 1. The zero-order chi connectivity index (χ0) is 18.1. The van der Waals surface area contributed by atoms with Crippen molar-refractivity contribution in [3.63, 3.8) is 0 Å². The van der Waals surface area contributed by atoms with Crippen LogP contribution < -0.4 is 10.6 Å². The van der Waals surface area contributed by atoms with Crippen molar-refractivity contribution in [3.05, 3.63) is 35.6 Å². The molecule has 1 fully saturated rings. The average Bonchev–Trinajstić information content (AvgIpc) is 2.61. The number of hydrogen-bond donors (Lipinski definition) is 2. The summed E-state index contributed by atoms with van der Waals surface area (Å²) in [6, 6.07) is 7.32. The summed E-state index contributed by atoms with van der Waals surface area (Å²) in [4.78, 5) is 7.34. The molecule has 1 heterocycles. The van der Waals surface area contributed by atoms with Crippen molar-refractivity contribution in [3.8, 4) is 0 Å². The molecule has 0 bridgehead atoms. The molecule has 1 aromatic carbocycles. The first kappa shape index (κ1) is 23.1. The van der Waals surface area contributed by atoms with Gasteiger partial charge in [0.25, 0.3) is 0 Å². The van der Waals surface area contributed by atoms with Crippen molar-refractivity contribution in [2.45, 2.75) is 46.1 Å². The van der Waals surface area contributed by atoms with Gasteiger partial charge in [-0.2, -0.15) is 0 Å². The number of nitrogens with one attached hydrogen (secondary N) is 2. The van der Waals surface area contributed by atoms with E-state index < -0.39 is 0 Å². The van der Waals surface area contributed by atoms with E-state index in [0.29, 0.717) is 12.0 Å². The molecule has 0 aromatic heterocycles. The molecule has 0 saturated carbocycles. The first-order valence-electron chi connectivity index (χ1n) is 9.59. The van der Waals surface area contributed by atoms with E-state index in [1.54, 1.807) is 0 Å². The molecular formula is C20H34FIN4. The summed E-state index contributed by atoms with van der Waals surface area (Å²) in [6.45, 7) is 11.5. The van der Waals surface area contributed by atoms with Gasteiger partial charge in [-0.25, -0.2) is 4.39 Å². The van der Waals surface area contributed by atoms with Crippen molar-refractivity contribution in [2.24, 2.45) is 10.9 Å². The lowest BCUT2D eigenvalue weighted by Gasteiger charge is -2.34. The number of rotatable bonds is 7. The number of halogens is 2. The Morgan fingerprint density at radius 3 is 2.65 bits per heavy atom. The van der Waals surface area contributed by atoms with E-state index in [4.69, 9.17) is 4.99 Å². The molecule has 1 atom stereocenters. The van der Waals surface area contributed by atoms with Gasteiger partial charge in [0.15, 0.2) is 5.96 Å². The summed E-state index contributed by atoms with van der Waals surface area (Å²) in [6.07, 6.45) is 3.39. The Morgan fingerprint density at radius 2 is 2.00 bits per heavy atom. The summed E-state index contributed by atoms with van der Waals surface area (Å²) in [7, 11) is 0. The number of hydrogen-bond acceptors (Lipinski definition) is 2. The lowest BCUT2D eigenvalue weighted by molar-refractivity contribution is 0.143. The van der Waals surface area contributed by atoms with E-state index in [1.165, 1.54) is 31.5 Å². The minimum Gasteiger partial charge on any atom is -0.357 e. The molecular weight excluding hydrogens is 442 g/mol. The molecule has 2 rings (SSSR count). The van der Waals surface area contributed by atoms with Crippen LogP contribution in [0.3, 0.4) is 0 Å². The number of piperidine rings is 1. The van der Waals surface area contributed by atoms with Gasteiger partial charge in [-0.1, -0.05) is 12.1 Å². The smallest absolute Gasteiger partial charge is 0.191 e. The van der Waals surface area contributed by atoms with Crippen molar-refractivity contribution >= 4 is 29.9 Å². The molecule has 1 aromatic rings. The summed E-state index contributed by atoms with van der Waals surface area (Å²) in [5, 5.41) is 6.71. The predicted octanol–water partition coefficient (Wildman–Crippen LogP) is 3.66. The van der Waals surface area contributed by atoms with Crippen LogP contribution in [0.15, 0.2) is 29.3 Å². The van der Waals surface area contributed by atoms with Gasteiger partial charge >= 0.3 is 0 Å². The average molecular weight is 476 g/mol.